The molecule has 0 aliphatic heterocycles. The van der Waals surface area contributed by atoms with Crippen LogP contribution in [0.1, 0.15) is 40.7 Å². The summed E-state index contributed by atoms with van der Waals surface area (Å²) in [6, 6.07) is 10.7. The molecule has 0 unspecified atom stereocenters. The Balaban J connectivity index is 0.000000226. The Morgan fingerprint density at radius 3 is 2.14 bits per heavy atom. The monoisotopic (exact) mass is 722 g/mol. The van der Waals surface area contributed by atoms with Gasteiger partial charge < -0.3 is 37.0 Å². The Hall–Kier alpha value is -5.36. The summed E-state index contributed by atoms with van der Waals surface area (Å²) in [5.74, 6) is -7.83. The number of likely N-dealkylation sites (N-methyl/N-ethyl adjacent to an activating group) is 1. The third-order valence-electron chi connectivity index (χ3n) is 9.42. The van der Waals surface area contributed by atoms with Gasteiger partial charge in [0, 0.05) is 34.5 Å². The van der Waals surface area contributed by atoms with Gasteiger partial charge >= 0.3 is 0 Å². The lowest BCUT2D eigenvalue weighted by atomic mass is 9.55. The number of Topliss-reactive ketones (excluding diaryl/α,β-unsaturated/α-hetero) is 2. The van der Waals surface area contributed by atoms with E-state index in [1.807, 2.05) is 0 Å². The second-order valence-corrected chi connectivity index (χ2v) is 14.8. The molecule has 3 aliphatic carbocycles. The molecule has 0 saturated carbocycles. The normalized spacial score (nSPS) is 25.8. The van der Waals surface area contributed by atoms with Crippen molar-refractivity contribution in [2.75, 3.05) is 24.6 Å². The van der Waals surface area contributed by atoms with Gasteiger partial charge in [-0.25, -0.2) is 23.1 Å². The van der Waals surface area contributed by atoms with Crippen LogP contribution in [0.3, 0.4) is 0 Å². The van der Waals surface area contributed by atoms with Crippen molar-refractivity contribution in [2.24, 2.45) is 17.6 Å². The van der Waals surface area contributed by atoms with Crippen LogP contribution in [0.5, 0.6) is 5.75 Å². The van der Waals surface area contributed by atoms with Gasteiger partial charge in [-0.15, -0.1) is 0 Å². The molecule has 1 amide bonds. The highest BCUT2D eigenvalue weighted by atomic mass is 32.2. The van der Waals surface area contributed by atoms with E-state index in [4.69, 9.17) is 11.5 Å². The first-order chi connectivity index (χ1) is 23.6. The minimum Gasteiger partial charge on any atom is -0.510 e. The van der Waals surface area contributed by atoms with Gasteiger partial charge in [0.15, 0.2) is 11.4 Å². The number of primary amides is 1. The van der Waals surface area contributed by atoms with Crippen LogP contribution in [0.4, 0.5) is 11.6 Å². The average Bonchev–Trinajstić information content (AvgIpc) is 3.01. The maximum absolute atomic E-state index is 13.3. The lowest BCUT2D eigenvalue weighted by Crippen LogP contribution is -2.65. The van der Waals surface area contributed by atoms with Crippen LogP contribution in [-0.2, 0) is 25.2 Å². The lowest BCUT2D eigenvalue weighted by molar-refractivity contribution is -0.151. The topological polar surface area (TPSA) is 280 Å². The number of rotatable bonds is 5. The Bertz CT molecular complexity index is 2130. The van der Waals surface area contributed by atoms with E-state index in [0.717, 1.165) is 0 Å². The summed E-state index contributed by atoms with van der Waals surface area (Å²) in [6.07, 6.45) is -0.200. The van der Waals surface area contributed by atoms with Crippen LogP contribution in [0, 0.1) is 25.7 Å². The number of amides is 1. The number of ketones is 2. The van der Waals surface area contributed by atoms with Gasteiger partial charge in [-0.2, -0.15) is 0 Å². The van der Waals surface area contributed by atoms with E-state index >= 15 is 0 Å². The van der Waals surface area contributed by atoms with Gasteiger partial charge in [0.05, 0.1) is 22.1 Å². The number of anilines is 2. The van der Waals surface area contributed by atoms with E-state index in [0.29, 0.717) is 17.1 Å². The fourth-order valence-corrected chi connectivity index (χ4v) is 8.05. The highest BCUT2D eigenvalue weighted by molar-refractivity contribution is 7.92. The Kier molecular flexibility index (Phi) is 9.23. The summed E-state index contributed by atoms with van der Waals surface area (Å²) in [6.45, 7) is 4.95. The average molecular weight is 723 g/mol. The number of carbonyl (C=O) groups is 3. The molecule has 6 rings (SSSR count). The highest BCUT2D eigenvalue weighted by Crippen LogP contribution is 2.56. The number of phenolic OH excluding ortho intramolecular Hbond substituents is 1. The quantitative estimate of drug-likeness (QED) is 0.136. The van der Waals surface area contributed by atoms with Gasteiger partial charge in [-0.3, -0.25) is 19.3 Å². The molecule has 0 radical (unpaired) electrons. The van der Waals surface area contributed by atoms with E-state index in [1.54, 1.807) is 19.9 Å². The number of fused-ring (bicyclic) bond motifs is 3. The molecule has 5 atom stereocenters. The molecular weight excluding hydrogens is 684 g/mol. The van der Waals surface area contributed by atoms with Crippen LogP contribution in [0.15, 0.2) is 76.1 Å². The number of hydrogen-bond acceptors (Lipinski definition) is 14. The first-order valence-corrected chi connectivity index (χ1v) is 17.0. The smallest absolute Gasteiger partial charge is 0.264 e. The number of sulfonamides is 1. The number of carbonyl (C=O) groups excluding carboxylic acids is 3. The van der Waals surface area contributed by atoms with Crippen molar-refractivity contribution in [1.82, 2.24) is 14.9 Å². The SMILES string of the molecule is CN(C)[C@@H]1C(O)=C(C(N)=O)C(=O)[C@@]2(O)C(O)=C3C(=O)c4c(O)cccc4[C@@](C)(O)[C@H]3C[C@@H]12.Cc1cc(C)nc(NS(=O)(=O)c2ccc(N)cc2)n1. The van der Waals surface area contributed by atoms with E-state index in [-0.39, 0.29) is 28.4 Å². The zero-order valence-corrected chi connectivity index (χ0v) is 29.1. The standard InChI is InChI=1S/C22H24N2O8.C12H14N4O2S/c1-21(31)8-5-4-6-11(25)12(8)16(26)13-9(21)7-10-15(24(2)3)17(27)14(20(23)30)19(29)22(10,32)18(13)28;1-8-7-9(2)15-12(14-8)16-19(17,18)11-5-3-10(13)4-6-11/h4-6,9-10,15,25,27-28,31-32H,7H2,1-3H3,(H2,23,30);3-7H,13H2,1-2H3,(H,14,15,16)/t9-,10-,15-,21+,22-;/m0./s1. The molecule has 0 spiro atoms. The van der Waals surface area contributed by atoms with Crippen molar-refractivity contribution in [1.29, 1.82) is 0 Å². The van der Waals surface area contributed by atoms with Crippen molar-refractivity contribution >= 4 is 39.1 Å². The Labute approximate surface area is 292 Å². The van der Waals surface area contributed by atoms with Crippen LogP contribution in [-0.4, -0.2) is 92.0 Å². The molecule has 0 bridgehead atoms. The molecule has 0 saturated heterocycles. The molecule has 0 fully saturated rings. The number of nitrogen functional groups attached to an aromatic ring is 1. The van der Waals surface area contributed by atoms with Gasteiger partial charge in [0.1, 0.15) is 22.8 Å². The van der Waals surface area contributed by atoms with Crippen molar-refractivity contribution in [3.8, 4) is 5.75 Å². The summed E-state index contributed by atoms with van der Waals surface area (Å²) < 4.78 is 26.6. The summed E-state index contributed by atoms with van der Waals surface area (Å²) in [4.78, 5) is 48.0. The second kappa shape index (κ2) is 12.8. The summed E-state index contributed by atoms with van der Waals surface area (Å²) in [7, 11) is -0.632. The van der Waals surface area contributed by atoms with Gasteiger partial charge in [0.2, 0.25) is 11.7 Å². The van der Waals surface area contributed by atoms with Crippen molar-refractivity contribution in [3.63, 3.8) is 0 Å². The van der Waals surface area contributed by atoms with Crippen molar-refractivity contribution in [2.45, 2.75) is 49.3 Å². The zero-order chi connectivity index (χ0) is 38.0. The molecule has 51 heavy (non-hydrogen) atoms. The van der Waals surface area contributed by atoms with E-state index < -0.39 is 85.0 Å². The van der Waals surface area contributed by atoms with Crippen LogP contribution >= 0.6 is 0 Å². The van der Waals surface area contributed by atoms with E-state index in [1.165, 1.54) is 68.4 Å². The maximum Gasteiger partial charge on any atom is 0.264 e. The van der Waals surface area contributed by atoms with E-state index in [2.05, 4.69) is 14.7 Å². The molecule has 270 valence electrons. The third-order valence-corrected chi connectivity index (χ3v) is 10.8. The molecule has 2 aromatic carbocycles. The number of nitrogens with zero attached hydrogens (tertiary/aromatic N) is 3. The zero-order valence-electron chi connectivity index (χ0n) is 28.2. The van der Waals surface area contributed by atoms with Gasteiger partial charge in [-0.1, -0.05) is 12.1 Å². The molecule has 3 aromatic rings. The fourth-order valence-electron chi connectivity index (χ4n) is 7.11. The number of phenols is 1. The molecule has 16 nitrogen and oxygen atoms in total. The van der Waals surface area contributed by atoms with Crippen LogP contribution in [0.2, 0.25) is 0 Å². The fraction of sp³-hybridized carbons (Fsp3) is 0.324. The first-order valence-electron chi connectivity index (χ1n) is 15.5. The minimum atomic E-state index is -3.69. The summed E-state index contributed by atoms with van der Waals surface area (Å²) in [5, 5.41) is 55.0. The number of benzene rings is 2. The van der Waals surface area contributed by atoms with Crippen LogP contribution < -0.4 is 16.2 Å². The largest absolute Gasteiger partial charge is 0.510 e. The van der Waals surface area contributed by atoms with Gasteiger partial charge in [-0.05, 0) is 83.2 Å². The predicted molar refractivity (Wildman–Crippen MR) is 183 cm³/mol. The number of aliphatic hydroxyl groups excluding tert-OH is 2. The van der Waals surface area contributed by atoms with Crippen molar-refractivity contribution in [3.05, 3.63) is 93.7 Å². The molecule has 3 aliphatic rings. The van der Waals surface area contributed by atoms with E-state index in [9.17, 15) is 48.3 Å². The lowest BCUT2D eigenvalue weighted by Gasteiger charge is -2.52. The number of aromatic hydroxyl groups is 1. The summed E-state index contributed by atoms with van der Waals surface area (Å²) >= 11 is 0. The first kappa shape index (κ1) is 36.9. The molecular formula is C34H38N6O10S. The Morgan fingerprint density at radius 1 is 1.00 bits per heavy atom. The van der Waals surface area contributed by atoms with Crippen LogP contribution in [0.25, 0.3) is 0 Å². The third kappa shape index (κ3) is 6.07. The number of aromatic nitrogens is 2. The Morgan fingerprint density at radius 2 is 1.59 bits per heavy atom. The minimum absolute atomic E-state index is 0.0642. The highest BCUT2D eigenvalue weighted by Gasteiger charge is 2.65. The predicted octanol–water partition coefficient (Wildman–Crippen LogP) is 1.26. The summed E-state index contributed by atoms with van der Waals surface area (Å²) in [5.41, 5.74) is 6.76. The second-order valence-electron chi connectivity index (χ2n) is 13.1. The molecule has 1 heterocycles. The van der Waals surface area contributed by atoms with Crippen molar-refractivity contribution < 1.29 is 48.3 Å². The molecule has 1 aromatic heterocycles. The molecule has 10 N–H and O–H groups in total. The number of nitrogens with two attached hydrogens (primary N) is 2. The number of aryl methyl sites for hydroxylation is 2. The molecule has 17 heteroatoms. The number of nitrogens with one attached hydrogen (secondary N) is 1. The number of aliphatic hydroxyl groups is 4. The maximum atomic E-state index is 13.3. The number of hydrogen-bond donors (Lipinski definition) is 8. The van der Waals surface area contributed by atoms with Gasteiger partial charge in [0.25, 0.3) is 15.9 Å².